The van der Waals surface area contributed by atoms with Gasteiger partial charge in [-0.05, 0) is 54.7 Å². The number of carbonyl (C=O) groups is 3. The lowest BCUT2D eigenvalue weighted by molar-refractivity contribution is -0.169. The van der Waals surface area contributed by atoms with E-state index in [0.29, 0.717) is 16.5 Å². The average Bonchev–Trinajstić information content (AvgIpc) is 2.82. The molecule has 0 saturated carbocycles. The van der Waals surface area contributed by atoms with Gasteiger partial charge in [-0.15, -0.1) is 0 Å². The van der Waals surface area contributed by atoms with E-state index in [-0.39, 0.29) is 31.3 Å². The molecule has 2 aromatic rings. The fourth-order valence-electron chi connectivity index (χ4n) is 5.11. The van der Waals surface area contributed by atoms with Crippen LogP contribution in [-0.2, 0) is 19.1 Å². The van der Waals surface area contributed by atoms with E-state index in [1.54, 1.807) is 30.0 Å². The number of benzene rings is 2. The zero-order valence-corrected chi connectivity index (χ0v) is 22.4. The molecule has 1 heterocycles. The van der Waals surface area contributed by atoms with Crippen LogP contribution in [0.5, 0.6) is 0 Å². The highest BCUT2D eigenvalue weighted by molar-refractivity contribution is 6.30. The van der Waals surface area contributed by atoms with Crippen molar-refractivity contribution in [1.29, 1.82) is 0 Å². The van der Waals surface area contributed by atoms with Crippen LogP contribution < -0.4 is 0 Å². The van der Waals surface area contributed by atoms with E-state index in [1.165, 1.54) is 0 Å². The first-order valence-corrected chi connectivity index (χ1v) is 13.1. The summed E-state index contributed by atoms with van der Waals surface area (Å²) in [5.74, 6) is -2.24. The topological polar surface area (TPSA) is 83.9 Å². The van der Waals surface area contributed by atoms with E-state index in [4.69, 9.17) is 27.9 Å². The van der Waals surface area contributed by atoms with E-state index in [0.717, 1.165) is 24.0 Å². The van der Waals surface area contributed by atoms with Crippen LogP contribution in [0.15, 0.2) is 48.5 Å². The molecule has 1 aliphatic heterocycles. The van der Waals surface area contributed by atoms with Gasteiger partial charge in [0.25, 0.3) is 0 Å². The molecule has 0 bridgehead atoms. The van der Waals surface area contributed by atoms with Crippen LogP contribution in [0.2, 0.25) is 10.0 Å². The Labute approximate surface area is 222 Å². The summed E-state index contributed by atoms with van der Waals surface area (Å²) >= 11 is 12.5. The number of nitrogens with zero attached hydrogens (tertiary/aromatic N) is 1. The Morgan fingerprint density at radius 3 is 2.39 bits per heavy atom. The summed E-state index contributed by atoms with van der Waals surface area (Å²) in [7, 11) is 0. The first-order chi connectivity index (χ1) is 17.1. The van der Waals surface area contributed by atoms with E-state index in [1.807, 2.05) is 44.2 Å². The second kappa shape index (κ2) is 12.1. The Bertz CT molecular complexity index is 1090. The molecule has 0 spiro atoms. The van der Waals surface area contributed by atoms with Crippen LogP contribution in [0.3, 0.4) is 0 Å². The Kier molecular flexibility index (Phi) is 9.42. The molecule has 194 valence electrons. The normalized spacial score (nSPS) is 22.8. The number of piperidine rings is 1. The molecular formula is C28H33Cl2NO5. The van der Waals surface area contributed by atoms with Crippen molar-refractivity contribution in [3.8, 4) is 0 Å². The molecule has 1 N–H and O–H groups in total. The van der Waals surface area contributed by atoms with Gasteiger partial charge < -0.3 is 14.7 Å². The number of hydrogen-bond donors (Lipinski definition) is 1. The van der Waals surface area contributed by atoms with Gasteiger partial charge in [0.15, 0.2) is 0 Å². The predicted molar refractivity (Wildman–Crippen MR) is 140 cm³/mol. The quantitative estimate of drug-likeness (QED) is 0.273. The van der Waals surface area contributed by atoms with Crippen LogP contribution in [-0.4, -0.2) is 40.5 Å². The molecule has 1 aliphatic rings. The average molecular weight is 534 g/mol. The maximum absolute atomic E-state index is 14.1. The highest BCUT2D eigenvalue weighted by Crippen LogP contribution is 2.52. The number of carboxylic acids is 1. The van der Waals surface area contributed by atoms with E-state index < -0.39 is 29.4 Å². The van der Waals surface area contributed by atoms with Crippen LogP contribution in [0.4, 0.5) is 0 Å². The molecule has 0 aliphatic carbocycles. The minimum Gasteiger partial charge on any atom is -0.481 e. The van der Waals surface area contributed by atoms with Gasteiger partial charge >= 0.3 is 11.9 Å². The van der Waals surface area contributed by atoms with Gasteiger partial charge in [0.1, 0.15) is 6.04 Å². The summed E-state index contributed by atoms with van der Waals surface area (Å²) in [4.78, 5) is 40.8. The molecule has 1 amide bonds. The monoisotopic (exact) mass is 533 g/mol. The number of esters is 1. The molecule has 1 saturated heterocycles. The highest BCUT2D eigenvalue weighted by atomic mass is 35.5. The summed E-state index contributed by atoms with van der Waals surface area (Å²) in [6.07, 6.45) is 1.84. The molecular weight excluding hydrogens is 501 g/mol. The number of likely N-dealkylation sites (tertiary alicyclic amines) is 1. The molecule has 4 atom stereocenters. The number of hydrogen-bond acceptors (Lipinski definition) is 4. The molecule has 0 radical (unpaired) electrons. The minimum absolute atomic E-state index is 0.267. The molecule has 2 aromatic carbocycles. The summed E-state index contributed by atoms with van der Waals surface area (Å²) < 4.78 is 5.56. The van der Waals surface area contributed by atoms with Crippen LogP contribution in [0.25, 0.3) is 0 Å². The van der Waals surface area contributed by atoms with Crippen LogP contribution in [0, 0.1) is 5.41 Å². The second-order valence-corrected chi connectivity index (χ2v) is 10.5. The highest BCUT2D eigenvalue weighted by Gasteiger charge is 2.53. The maximum atomic E-state index is 14.1. The number of carbonyl (C=O) groups excluding carboxylic acids is 2. The Morgan fingerprint density at radius 1 is 1.11 bits per heavy atom. The number of amides is 1. The zero-order chi connectivity index (χ0) is 26.5. The van der Waals surface area contributed by atoms with Gasteiger partial charge in [-0.25, -0.2) is 4.79 Å². The number of unbranched alkanes of at least 4 members (excludes halogenated alkanes) is 1. The van der Waals surface area contributed by atoms with Crippen molar-refractivity contribution in [2.45, 2.75) is 70.9 Å². The Balaban J connectivity index is 2.20. The van der Waals surface area contributed by atoms with Gasteiger partial charge in [0, 0.05) is 16.0 Å². The molecule has 6 nitrogen and oxygen atoms in total. The van der Waals surface area contributed by atoms with Gasteiger partial charge in [0.2, 0.25) is 5.91 Å². The Hall–Kier alpha value is -2.57. The molecule has 0 unspecified atom stereocenters. The zero-order valence-electron chi connectivity index (χ0n) is 20.9. The van der Waals surface area contributed by atoms with Gasteiger partial charge in [-0.3, -0.25) is 9.59 Å². The number of halogens is 2. The first-order valence-electron chi connectivity index (χ1n) is 12.3. The van der Waals surface area contributed by atoms with Crippen molar-refractivity contribution < 1.29 is 24.2 Å². The third kappa shape index (κ3) is 6.22. The van der Waals surface area contributed by atoms with Crippen LogP contribution in [0.1, 0.15) is 76.0 Å². The standard InChI is InChI=1S/C28H33Cl2NO5/c1-4-6-14-36-26(34)23(5-2)31-25(18-10-12-20(29)13-11-18)22(19-8-7-9-21(30)15-19)16-28(3,27(31)35)17-24(32)33/h7-13,15,22-23,25H,4-6,14,16-17H2,1-3H3,(H,32,33)/t22-,23+,25-,28-/m1/s1. The van der Waals surface area contributed by atoms with E-state index in [2.05, 4.69) is 0 Å². The summed E-state index contributed by atoms with van der Waals surface area (Å²) in [5.41, 5.74) is 0.444. The van der Waals surface area contributed by atoms with Gasteiger partial charge in [-0.1, -0.05) is 74.7 Å². The van der Waals surface area contributed by atoms with E-state index in [9.17, 15) is 19.5 Å². The summed E-state index contributed by atoms with van der Waals surface area (Å²) in [6, 6.07) is 13.1. The van der Waals surface area contributed by atoms with Crippen molar-refractivity contribution in [1.82, 2.24) is 4.90 Å². The van der Waals surface area contributed by atoms with Crippen molar-refractivity contribution in [3.05, 3.63) is 69.7 Å². The van der Waals surface area contributed by atoms with Crippen molar-refractivity contribution in [3.63, 3.8) is 0 Å². The van der Waals surface area contributed by atoms with Gasteiger partial charge in [-0.2, -0.15) is 0 Å². The molecule has 36 heavy (non-hydrogen) atoms. The predicted octanol–water partition coefficient (Wildman–Crippen LogP) is 6.65. The lowest BCUT2D eigenvalue weighted by Crippen LogP contribution is -2.58. The smallest absolute Gasteiger partial charge is 0.328 e. The third-order valence-corrected chi connectivity index (χ3v) is 7.36. The lowest BCUT2D eigenvalue weighted by atomic mass is 9.67. The molecule has 1 fully saturated rings. The molecule has 8 heteroatoms. The van der Waals surface area contributed by atoms with Crippen molar-refractivity contribution in [2.75, 3.05) is 6.61 Å². The fourth-order valence-corrected chi connectivity index (χ4v) is 5.44. The number of carboxylic acid groups (broad SMARTS) is 1. The SMILES string of the molecule is CCCCOC(=O)[C@H](CC)N1C(=O)[C@@](C)(CC(=O)O)C[C@H](c2cccc(Cl)c2)[C@H]1c1ccc(Cl)cc1. The summed E-state index contributed by atoms with van der Waals surface area (Å²) in [5, 5.41) is 10.8. The second-order valence-electron chi connectivity index (χ2n) is 9.65. The first kappa shape index (κ1) is 28.0. The Morgan fingerprint density at radius 2 is 1.81 bits per heavy atom. The largest absolute Gasteiger partial charge is 0.481 e. The number of ether oxygens (including phenoxy) is 1. The number of rotatable bonds is 10. The fraction of sp³-hybridized carbons (Fsp3) is 0.464. The minimum atomic E-state index is -1.22. The molecule has 3 rings (SSSR count). The third-order valence-electron chi connectivity index (χ3n) is 6.87. The van der Waals surface area contributed by atoms with Crippen LogP contribution >= 0.6 is 23.2 Å². The summed E-state index contributed by atoms with van der Waals surface area (Å²) in [6.45, 7) is 5.77. The van der Waals surface area contributed by atoms with Crippen molar-refractivity contribution in [2.24, 2.45) is 5.41 Å². The van der Waals surface area contributed by atoms with E-state index >= 15 is 0 Å². The van der Waals surface area contributed by atoms with Gasteiger partial charge in [0.05, 0.1) is 24.5 Å². The maximum Gasteiger partial charge on any atom is 0.328 e. The van der Waals surface area contributed by atoms with Crippen molar-refractivity contribution >= 4 is 41.0 Å². The number of aliphatic carboxylic acids is 1. The lowest BCUT2D eigenvalue weighted by Gasteiger charge is -2.51. The molecule has 0 aromatic heterocycles.